The molecule has 8 heteroatoms. The van der Waals surface area contributed by atoms with Crippen molar-refractivity contribution in [2.75, 3.05) is 36.7 Å². The van der Waals surface area contributed by atoms with E-state index in [9.17, 15) is 4.21 Å². The van der Waals surface area contributed by atoms with Gasteiger partial charge in [0.05, 0.1) is 34.7 Å². The summed E-state index contributed by atoms with van der Waals surface area (Å²) in [5.41, 5.74) is 3.04. The van der Waals surface area contributed by atoms with E-state index in [1.54, 1.807) is 12.5 Å². The van der Waals surface area contributed by atoms with Crippen molar-refractivity contribution in [3.05, 3.63) is 35.7 Å². The summed E-state index contributed by atoms with van der Waals surface area (Å²) in [5.74, 6) is 3.10. The molecule has 0 amide bonds. The second-order valence-electron chi connectivity index (χ2n) is 8.51. The van der Waals surface area contributed by atoms with E-state index >= 15 is 0 Å². The Morgan fingerprint density at radius 2 is 2.20 bits per heavy atom. The lowest BCUT2D eigenvalue weighted by Crippen LogP contribution is -2.44. The molecule has 0 aromatic carbocycles. The number of aromatic nitrogens is 3. The van der Waals surface area contributed by atoms with Gasteiger partial charge in [0, 0.05) is 48.4 Å². The van der Waals surface area contributed by atoms with Crippen LogP contribution in [0.5, 0.6) is 0 Å². The Hall–Kier alpha value is -2.32. The fourth-order valence-electron chi connectivity index (χ4n) is 4.11. The molecule has 2 aliphatic carbocycles. The number of ether oxygens (including phenoxy) is 1. The third-order valence-electron chi connectivity index (χ3n) is 5.80. The SMILES string of the molecule is C[C@@H]1COCCN1c1cc(N=S(C)(=O)CC2CC2)nc(-c2ccnc3c2C=CC3)n1. The van der Waals surface area contributed by atoms with E-state index in [1.807, 2.05) is 12.1 Å². The van der Waals surface area contributed by atoms with Crippen LogP contribution < -0.4 is 4.90 Å². The number of anilines is 1. The van der Waals surface area contributed by atoms with E-state index in [-0.39, 0.29) is 6.04 Å². The van der Waals surface area contributed by atoms with Gasteiger partial charge in [0.15, 0.2) is 11.6 Å². The van der Waals surface area contributed by atoms with Gasteiger partial charge in [-0.15, -0.1) is 0 Å². The van der Waals surface area contributed by atoms with Gasteiger partial charge in [-0.1, -0.05) is 12.2 Å². The summed E-state index contributed by atoms with van der Waals surface area (Å²) in [6.45, 7) is 4.21. The largest absolute Gasteiger partial charge is 0.377 e. The van der Waals surface area contributed by atoms with Crippen LogP contribution in [-0.2, 0) is 20.9 Å². The minimum Gasteiger partial charge on any atom is -0.377 e. The van der Waals surface area contributed by atoms with Crippen LogP contribution in [0.4, 0.5) is 11.6 Å². The van der Waals surface area contributed by atoms with Crippen molar-refractivity contribution in [3.8, 4) is 11.4 Å². The number of hydrogen-bond donors (Lipinski definition) is 0. The second-order valence-corrected chi connectivity index (χ2v) is 10.9. The van der Waals surface area contributed by atoms with Crippen LogP contribution in [0.1, 0.15) is 31.0 Å². The Morgan fingerprint density at radius 1 is 1.33 bits per heavy atom. The number of nitrogens with zero attached hydrogens (tertiary/aromatic N) is 5. The molecular weight excluding hydrogens is 398 g/mol. The van der Waals surface area contributed by atoms with E-state index in [1.165, 1.54) is 0 Å². The first kappa shape index (κ1) is 19.6. The first-order valence-corrected chi connectivity index (χ1v) is 12.7. The highest BCUT2D eigenvalue weighted by Gasteiger charge is 2.26. The number of allylic oxidation sites excluding steroid dienone is 1. The maximum absolute atomic E-state index is 13.1. The molecule has 1 unspecified atom stereocenters. The molecule has 0 N–H and O–H groups in total. The second kappa shape index (κ2) is 7.74. The van der Waals surface area contributed by atoms with E-state index in [4.69, 9.17) is 14.7 Å². The predicted molar refractivity (Wildman–Crippen MR) is 119 cm³/mol. The third kappa shape index (κ3) is 4.11. The first-order chi connectivity index (χ1) is 14.5. The summed E-state index contributed by atoms with van der Waals surface area (Å²) in [5, 5.41) is 0. The molecule has 0 radical (unpaired) electrons. The van der Waals surface area contributed by atoms with Crippen LogP contribution in [0.25, 0.3) is 17.5 Å². The van der Waals surface area contributed by atoms with Crippen LogP contribution in [0, 0.1) is 5.92 Å². The fourth-order valence-corrected chi connectivity index (χ4v) is 5.88. The van der Waals surface area contributed by atoms with Crippen molar-refractivity contribution in [1.82, 2.24) is 15.0 Å². The Balaban J connectivity index is 1.62. The fraction of sp³-hybridized carbons (Fsp3) is 0.500. The van der Waals surface area contributed by atoms with Gasteiger partial charge in [-0.2, -0.15) is 4.36 Å². The zero-order valence-electron chi connectivity index (χ0n) is 17.5. The summed E-state index contributed by atoms with van der Waals surface area (Å²) in [6, 6.07) is 4.03. The quantitative estimate of drug-likeness (QED) is 0.730. The molecule has 2 aromatic heterocycles. The van der Waals surface area contributed by atoms with Crippen LogP contribution in [0.3, 0.4) is 0 Å². The third-order valence-corrected chi connectivity index (χ3v) is 7.46. The van der Waals surface area contributed by atoms with Gasteiger partial charge < -0.3 is 9.64 Å². The van der Waals surface area contributed by atoms with E-state index in [2.05, 4.69) is 33.3 Å². The molecule has 7 nitrogen and oxygen atoms in total. The molecule has 5 rings (SSSR count). The summed E-state index contributed by atoms with van der Waals surface area (Å²) < 4.78 is 23.3. The van der Waals surface area contributed by atoms with Crippen LogP contribution in [0.15, 0.2) is 28.8 Å². The summed E-state index contributed by atoms with van der Waals surface area (Å²) in [6.07, 6.45) is 10.9. The van der Waals surface area contributed by atoms with Crippen molar-refractivity contribution in [3.63, 3.8) is 0 Å². The molecule has 1 aliphatic heterocycles. The Bertz CT molecular complexity index is 1120. The number of hydrogen-bond acceptors (Lipinski definition) is 7. The maximum atomic E-state index is 13.1. The van der Waals surface area contributed by atoms with Gasteiger partial charge in [-0.25, -0.2) is 14.2 Å². The molecule has 0 bridgehead atoms. The molecule has 0 spiro atoms. The zero-order valence-corrected chi connectivity index (χ0v) is 18.3. The summed E-state index contributed by atoms with van der Waals surface area (Å²) in [4.78, 5) is 16.3. The van der Waals surface area contributed by atoms with Crippen LogP contribution >= 0.6 is 0 Å². The topological polar surface area (TPSA) is 80.6 Å². The molecule has 1 saturated carbocycles. The molecule has 3 aliphatic rings. The molecule has 158 valence electrons. The minimum absolute atomic E-state index is 0.204. The van der Waals surface area contributed by atoms with Crippen molar-refractivity contribution in [2.24, 2.45) is 10.3 Å². The monoisotopic (exact) mass is 425 g/mol. The minimum atomic E-state index is -2.33. The average Bonchev–Trinajstić information content (AvgIpc) is 3.37. The van der Waals surface area contributed by atoms with Crippen LogP contribution in [0.2, 0.25) is 0 Å². The standard InChI is InChI=1S/C22H27N5O2S/c1-15-13-29-11-10-27(15)21-12-20(26-30(2,28)14-16-6-7-16)24-22(25-21)18-8-9-23-19-5-3-4-17(18)19/h3-4,8-9,12,15-16H,5-7,10-11,13-14H2,1-2H3/t15-,30?/m1/s1. The Labute approximate surface area is 177 Å². The number of morpholine rings is 1. The van der Waals surface area contributed by atoms with E-state index in [0.29, 0.717) is 36.5 Å². The summed E-state index contributed by atoms with van der Waals surface area (Å²) >= 11 is 0. The highest BCUT2D eigenvalue weighted by molar-refractivity contribution is 7.93. The lowest BCUT2D eigenvalue weighted by atomic mass is 10.1. The normalized spacial score (nSPS) is 22.6. The van der Waals surface area contributed by atoms with Gasteiger partial charge in [-0.05, 0) is 31.7 Å². The first-order valence-electron chi connectivity index (χ1n) is 10.6. The molecule has 2 fully saturated rings. The van der Waals surface area contributed by atoms with Crippen LogP contribution in [-0.4, -0.2) is 57.0 Å². The number of rotatable bonds is 5. The van der Waals surface area contributed by atoms with Crippen molar-refractivity contribution < 1.29 is 8.95 Å². The lowest BCUT2D eigenvalue weighted by Gasteiger charge is -2.34. The van der Waals surface area contributed by atoms with Gasteiger partial charge in [0.1, 0.15) is 5.82 Å². The molecular formula is C22H27N5O2S. The number of pyridine rings is 1. The maximum Gasteiger partial charge on any atom is 0.167 e. The Morgan fingerprint density at radius 3 is 3.00 bits per heavy atom. The van der Waals surface area contributed by atoms with E-state index in [0.717, 1.165) is 48.4 Å². The van der Waals surface area contributed by atoms with Gasteiger partial charge in [0.25, 0.3) is 0 Å². The molecule has 1 saturated heterocycles. The molecule has 3 heterocycles. The van der Waals surface area contributed by atoms with E-state index < -0.39 is 9.73 Å². The highest BCUT2D eigenvalue weighted by atomic mass is 32.2. The lowest BCUT2D eigenvalue weighted by molar-refractivity contribution is 0.0985. The van der Waals surface area contributed by atoms with Crippen molar-refractivity contribution in [2.45, 2.75) is 32.2 Å². The smallest absolute Gasteiger partial charge is 0.167 e. The summed E-state index contributed by atoms with van der Waals surface area (Å²) in [7, 11) is -2.33. The number of fused-ring (bicyclic) bond motifs is 1. The predicted octanol–water partition coefficient (Wildman–Crippen LogP) is 3.47. The van der Waals surface area contributed by atoms with Crippen molar-refractivity contribution >= 4 is 27.4 Å². The van der Waals surface area contributed by atoms with Gasteiger partial charge >= 0.3 is 0 Å². The van der Waals surface area contributed by atoms with Gasteiger partial charge in [-0.3, -0.25) is 4.98 Å². The average molecular weight is 426 g/mol. The molecule has 30 heavy (non-hydrogen) atoms. The molecule has 2 atom stereocenters. The molecule has 2 aromatic rings. The van der Waals surface area contributed by atoms with Gasteiger partial charge in [0.2, 0.25) is 0 Å². The van der Waals surface area contributed by atoms with Crippen molar-refractivity contribution in [1.29, 1.82) is 0 Å². The highest BCUT2D eigenvalue weighted by Crippen LogP contribution is 2.33. The zero-order chi connectivity index (χ0) is 20.7. The Kier molecular flexibility index (Phi) is 5.06.